The molecule has 0 radical (unpaired) electrons. The minimum atomic E-state index is -0.257. The van der Waals surface area contributed by atoms with Crippen molar-refractivity contribution in [2.24, 2.45) is 0 Å². The lowest BCUT2D eigenvalue weighted by atomic mass is 10.2. The predicted octanol–water partition coefficient (Wildman–Crippen LogP) is 2.95. The number of nitrogens with one attached hydrogen (secondary N) is 1. The maximum atomic E-state index is 12.7. The summed E-state index contributed by atoms with van der Waals surface area (Å²) in [5.74, 6) is 1.74. The molecule has 1 amide bonds. The van der Waals surface area contributed by atoms with E-state index in [0.717, 1.165) is 43.7 Å². The number of imidazole rings is 1. The highest BCUT2D eigenvalue weighted by atomic mass is 16.5. The Labute approximate surface area is 175 Å². The van der Waals surface area contributed by atoms with Crippen LogP contribution in [0.2, 0.25) is 0 Å². The second-order valence-corrected chi connectivity index (χ2v) is 7.41. The Bertz CT molecular complexity index is 975. The highest BCUT2D eigenvalue weighted by Crippen LogP contribution is 2.26. The second-order valence-electron chi connectivity index (χ2n) is 7.41. The van der Waals surface area contributed by atoms with Crippen LogP contribution < -0.4 is 15.0 Å². The van der Waals surface area contributed by atoms with Crippen LogP contribution in [0.25, 0.3) is 0 Å². The molecule has 2 aromatic heterocycles. The van der Waals surface area contributed by atoms with E-state index in [2.05, 4.69) is 20.3 Å². The summed E-state index contributed by atoms with van der Waals surface area (Å²) in [5.41, 5.74) is 1.12. The van der Waals surface area contributed by atoms with Crippen molar-refractivity contribution in [2.45, 2.75) is 38.8 Å². The normalized spacial score (nSPS) is 15.9. The van der Waals surface area contributed by atoms with Gasteiger partial charge < -0.3 is 19.5 Å². The van der Waals surface area contributed by atoms with Crippen LogP contribution in [0.3, 0.4) is 0 Å². The van der Waals surface area contributed by atoms with Gasteiger partial charge in [-0.05, 0) is 43.9 Å². The van der Waals surface area contributed by atoms with Crippen LogP contribution in [0.15, 0.2) is 55.2 Å². The summed E-state index contributed by atoms with van der Waals surface area (Å²) in [6.45, 7) is 4.22. The molecule has 1 aliphatic heterocycles. The first kappa shape index (κ1) is 19.9. The van der Waals surface area contributed by atoms with Gasteiger partial charge in [0.05, 0.1) is 6.33 Å². The van der Waals surface area contributed by atoms with Crippen molar-refractivity contribution >= 4 is 11.9 Å². The van der Waals surface area contributed by atoms with Crippen LogP contribution in [-0.4, -0.2) is 44.6 Å². The van der Waals surface area contributed by atoms with E-state index < -0.39 is 0 Å². The molecule has 1 fully saturated rings. The maximum absolute atomic E-state index is 12.7. The standard InChI is InChI=1S/C22H26N6O2/c1-17-5-2-6-18(15-17)30-20-8-10-25-22(26-20)28-13-3-7-19(28)21(29)24-9-4-12-27-14-11-23-16-27/h2,5-6,8,10-11,14-16,19H,3-4,7,9,12-13H2,1H3,(H,24,29)/t19-/m0/s1. The van der Waals surface area contributed by atoms with E-state index in [1.54, 1.807) is 24.8 Å². The first-order valence-electron chi connectivity index (χ1n) is 10.3. The van der Waals surface area contributed by atoms with Crippen molar-refractivity contribution in [2.75, 3.05) is 18.0 Å². The third-order valence-electron chi connectivity index (χ3n) is 5.09. The number of amides is 1. The van der Waals surface area contributed by atoms with E-state index in [-0.39, 0.29) is 11.9 Å². The van der Waals surface area contributed by atoms with Crippen LogP contribution >= 0.6 is 0 Å². The molecule has 0 spiro atoms. The molecular formula is C22H26N6O2. The van der Waals surface area contributed by atoms with Gasteiger partial charge in [-0.3, -0.25) is 4.79 Å². The topological polar surface area (TPSA) is 85.2 Å². The van der Waals surface area contributed by atoms with Crippen LogP contribution in [0.4, 0.5) is 5.95 Å². The average molecular weight is 406 g/mol. The number of anilines is 1. The number of rotatable bonds is 8. The fraction of sp³-hybridized carbons (Fsp3) is 0.364. The third-order valence-corrected chi connectivity index (χ3v) is 5.09. The van der Waals surface area contributed by atoms with Crippen molar-refractivity contribution in [3.8, 4) is 11.6 Å². The van der Waals surface area contributed by atoms with Gasteiger partial charge in [-0.2, -0.15) is 4.98 Å². The van der Waals surface area contributed by atoms with E-state index in [1.165, 1.54) is 0 Å². The summed E-state index contributed by atoms with van der Waals surface area (Å²) < 4.78 is 7.89. The number of nitrogens with zero attached hydrogens (tertiary/aromatic N) is 5. The van der Waals surface area contributed by atoms with Crippen LogP contribution in [-0.2, 0) is 11.3 Å². The zero-order valence-corrected chi connectivity index (χ0v) is 17.1. The molecule has 0 unspecified atom stereocenters. The van der Waals surface area contributed by atoms with Gasteiger partial charge in [0.1, 0.15) is 11.8 Å². The van der Waals surface area contributed by atoms with Crippen molar-refractivity contribution < 1.29 is 9.53 Å². The predicted molar refractivity (Wildman–Crippen MR) is 114 cm³/mol. The van der Waals surface area contributed by atoms with Gasteiger partial charge >= 0.3 is 0 Å². The number of hydrogen-bond acceptors (Lipinski definition) is 6. The first-order chi connectivity index (χ1) is 14.7. The number of carbonyl (C=O) groups is 1. The van der Waals surface area contributed by atoms with E-state index in [0.29, 0.717) is 18.4 Å². The zero-order valence-electron chi connectivity index (χ0n) is 17.1. The molecule has 0 aliphatic carbocycles. The van der Waals surface area contributed by atoms with Gasteiger partial charge in [-0.25, -0.2) is 9.97 Å². The lowest BCUT2D eigenvalue weighted by Crippen LogP contribution is -2.44. The Morgan fingerprint density at radius 2 is 2.23 bits per heavy atom. The molecule has 1 aromatic carbocycles. The fourth-order valence-electron chi connectivity index (χ4n) is 3.62. The van der Waals surface area contributed by atoms with Gasteiger partial charge in [0.2, 0.25) is 17.7 Å². The van der Waals surface area contributed by atoms with Crippen LogP contribution in [0.1, 0.15) is 24.8 Å². The quantitative estimate of drug-likeness (QED) is 0.579. The number of aromatic nitrogens is 4. The smallest absolute Gasteiger partial charge is 0.242 e. The number of hydrogen-bond donors (Lipinski definition) is 1. The Morgan fingerprint density at radius 3 is 3.07 bits per heavy atom. The molecule has 1 N–H and O–H groups in total. The average Bonchev–Trinajstić information content (AvgIpc) is 3.43. The molecular weight excluding hydrogens is 380 g/mol. The molecule has 1 aliphatic rings. The summed E-state index contributed by atoms with van der Waals surface area (Å²) in [6, 6.07) is 9.28. The molecule has 4 rings (SSSR count). The summed E-state index contributed by atoms with van der Waals surface area (Å²) in [4.78, 5) is 27.7. The molecule has 3 aromatic rings. The number of benzene rings is 1. The lowest BCUT2D eigenvalue weighted by Gasteiger charge is -2.24. The van der Waals surface area contributed by atoms with E-state index in [4.69, 9.17) is 4.74 Å². The van der Waals surface area contributed by atoms with Crippen molar-refractivity contribution in [3.63, 3.8) is 0 Å². The third kappa shape index (κ3) is 4.94. The summed E-state index contributed by atoms with van der Waals surface area (Å²) in [7, 11) is 0. The van der Waals surface area contributed by atoms with Gasteiger partial charge in [0.25, 0.3) is 0 Å². The largest absolute Gasteiger partial charge is 0.439 e. The molecule has 3 heterocycles. The van der Waals surface area contributed by atoms with E-state index in [9.17, 15) is 4.79 Å². The molecule has 1 saturated heterocycles. The Balaban J connectivity index is 1.36. The lowest BCUT2D eigenvalue weighted by molar-refractivity contribution is -0.122. The van der Waals surface area contributed by atoms with Gasteiger partial charge in [-0.15, -0.1) is 0 Å². The Kier molecular flexibility index (Phi) is 6.22. The molecule has 0 bridgehead atoms. The van der Waals surface area contributed by atoms with E-state index >= 15 is 0 Å². The Hall–Kier alpha value is -3.42. The molecule has 8 nitrogen and oxygen atoms in total. The molecule has 8 heteroatoms. The summed E-state index contributed by atoms with van der Waals surface area (Å²) in [5, 5.41) is 3.05. The second kappa shape index (κ2) is 9.39. The van der Waals surface area contributed by atoms with E-state index in [1.807, 2.05) is 46.9 Å². The minimum absolute atomic E-state index is 0.0201. The summed E-state index contributed by atoms with van der Waals surface area (Å²) >= 11 is 0. The summed E-state index contributed by atoms with van der Waals surface area (Å²) in [6.07, 6.45) is 9.70. The maximum Gasteiger partial charge on any atom is 0.242 e. The molecule has 156 valence electrons. The van der Waals surface area contributed by atoms with Crippen LogP contribution in [0.5, 0.6) is 11.6 Å². The highest BCUT2D eigenvalue weighted by Gasteiger charge is 2.32. The van der Waals surface area contributed by atoms with Crippen molar-refractivity contribution in [1.82, 2.24) is 24.8 Å². The minimum Gasteiger partial charge on any atom is -0.439 e. The first-order valence-corrected chi connectivity index (χ1v) is 10.3. The fourth-order valence-corrected chi connectivity index (χ4v) is 3.62. The monoisotopic (exact) mass is 406 g/mol. The van der Waals surface area contributed by atoms with Crippen molar-refractivity contribution in [1.29, 1.82) is 0 Å². The van der Waals surface area contributed by atoms with Crippen molar-refractivity contribution in [3.05, 3.63) is 60.8 Å². The van der Waals surface area contributed by atoms with Gasteiger partial charge in [0, 0.05) is 44.3 Å². The highest BCUT2D eigenvalue weighted by molar-refractivity contribution is 5.85. The number of ether oxygens (including phenoxy) is 1. The SMILES string of the molecule is Cc1cccc(Oc2ccnc(N3CCC[C@H]3C(=O)NCCCn3ccnc3)n2)c1. The Morgan fingerprint density at radius 1 is 1.30 bits per heavy atom. The van der Waals surface area contributed by atoms with Crippen LogP contribution in [0, 0.1) is 6.92 Å². The van der Waals surface area contributed by atoms with Gasteiger partial charge in [0.15, 0.2) is 0 Å². The number of aryl methyl sites for hydroxylation is 2. The molecule has 0 saturated carbocycles. The number of carbonyl (C=O) groups excluding carboxylic acids is 1. The molecule has 30 heavy (non-hydrogen) atoms. The zero-order chi connectivity index (χ0) is 20.8. The van der Waals surface area contributed by atoms with Gasteiger partial charge in [-0.1, -0.05) is 12.1 Å². The molecule has 1 atom stereocenters.